The van der Waals surface area contributed by atoms with Gasteiger partial charge in [-0.2, -0.15) is 0 Å². The Bertz CT molecular complexity index is 970. The molecule has 0 radical (unpaired) electrons. The molecule has 2 aliphatic rings. The molecule has 162 valence electrons. The van der Waals surface area contributed by atoms with Crippen LogP contribution >= 0.6 is 0 Å². The number of carbonyl (C=O) groups excluding carboxylic acids is 1. The summed E-state index contributed by atoms with van der Waals surface area (Å²) in [4.78, 5) is 20.0. The van der Waals surface area contributed by atoms with Gasteiger partial charge in [0, 0.05) is 12.6 Å². The third-order valence-corrected chi connectivity index (χ3v) is 5.69. The molecule has 1 amide bonds. The van der Waals surface area contributed by atoms with Crippen molar-refractivity contribution in [2.24, 2.45) is 5.16 Å². The third-order valence-electron chi connectivity index (χ3n) is 5.69. The van der Waals surface area contributed by atoms with Gasteiger partial charge in [0.1, 0.15) is 6.04 Å². The lowest BCUT2D eigenvalue weighted by molar-refractivity contribution is -0.0859. The summed E-state index contributed by atoms with van der Waals surface area (Å²) in [5.41, 5.74) is 3.37. The average molecular weight is 421 g/mol. The van der Waals surface area contributed by atoms with Crippen LogP contribution in [-0.2, 0) is 20.7 Å². The monoisotopic (exact) mass is 420 g/mol. The Labute approximate surface area is 183 Å². The smallest absolute Gasteiger partial charge is 0.414 e. The van der Waals surface area contributed by atoms with Crippen LogP contribution in [0.3, 0.4) is 0 Å². The molecule has 0 bridgehead atoms. The lowest BCUT2D eigenvalue weighted by Crippen LogP contribution is -2.49. The molecule has 2 heterocycles. The maximum atomic E-state index is 12.5. The minimum atomic E-state index is -0.466. The van der Waals surface area contributed by atoms with Gasteiger partial charge in [-0.15, -0.1) is 0 Å². The Morgan fingerprint density at radius 2 is 1.94 bits per heavy atom. The predicted octanol–water partition coefficient (Wildman–Crippen LogP) is 5.18. The van der Waals surface area contributed by atoms with Gasteiger partial charge in [0.05, 0.1) is 7.11 Å². The summed E-state index contributed by atoms with van der Waals surface area (Å²) in [6.07, 6.45) is 3.78. The van der Waals surface area contributed by atoms with E-state index in [1.165, 1.54) is 18.2 Å². The maximum absolute atomic E-state index is 12.5. The van der Waals surface area contributed by atoms with Crippen LogP contribution in [0.5, 0.6) is 0 Å². The van der Waals surface area contributed by atoms with Crippen LogP contribution in [0.1, 0.15) is 48.9 Å². The molecular weight excluding hydrogens is 392 g/mol. The molecule has 0 saturated carbocycles. The average Bonchev–Trinajstić information content (AvgIpc) is 2.82. The molecule has 0 saturated heterocycles. The second-order valence-corrected chi connectivity index (χ2v) is 8.11. The van der Waals surface area contributed by atoms with Crippen molar-refractivity contribution in [3.8, 4) is 0 Å². The van der Waals surface area contributed by atoms with Gasteiger partial charge in [0.25, 0.3) is 0 Å². The van der Waals surface area contributed by atoms with Crippen LogP contribution in [0.15, 0.2) is 72.0 Å². The van der Waals surface area contributed by atoms with Gasteiger partial charge in [0.15, 0.2) is 12.2 Å². The molecular formula is C25H28N2O4. The van der Waals surface area contributed by atoms with Crippen LogP contribution < -0.4 is 0 Å². The van der Waals surface area contributed by atoms with Crippen molar-refractivity contribution in [2.75, 3.05) is 7.11 Å². The molecule has 2 aromatic rings. The van der Waals surface area contributed by atoms with Gasteiger partial charge in [-0.3, -0.25) is 4.90 Å². The van der Waals surface area contributed by atoms with Gasteiger partial charge in [-0.05, 0) is 35.1 Å². The maximum Gasteiger partial charge on any atom is 0.414 e. The second kappa shape index (κ2) is 9.25. The van der Waals surface area contributed by atoms with E-state index in [2.05, 4.69) is 43.3 Å². The number of oxime groups is 1. The van der Waals surface area contributed by atoms with Crippen molar-refractivity contribution < 1.29 is 19.1 Å². The molecule has 0 unspecified atom stereocenters. The number of aryl methyl sites for hydroxylation is 1. The number of hydrogen-bond donors (Lipinski definition) is 0. The summed E-state index contributed by atoms with van der Waals surface area (Å²) in [7, 11) is 1.38. The van der Waals surface area contributed by atoms with Crippen molar-refractivity contribution in [3.05, 3.63) is 83.6 Å². The number of carbonyl (C=O) groups is 1. The number of fused-ring (bicyclic) bond motifs is 1. The molecule has 31 heavy (non-hydrogen) atoms. The summed E-state index contributed by atoms with van der Waals surface area (Å²) in [6.45, 7) is 4.29. The number of amides is 1. The first-order valence-electron chi connectivity index (χ1n) is 10.6. The first-order valence-corrected chi connectivity index (χ1v) is 10.6. The van der Waals surface area contributed by atoms with Crippen molar-refractivity contribution in [2.45, 2.75) is 50.9 Å². The molecule has 3 atom stereocenters. The van der Waals surface area contributed by atoms with Crippen molar-refractivity contribution in [3.63, 3.8) is 0 Å². The van der Waals surface area contributed by atoms with Crippen molar-refractivity contribution >= 4 is 12.0 Å². The van der Waals surface area contributed by atoms with E-state index in [1.807, 2.05) is 36.4 Å². The van der Waals surface area contributed by atoms with E-state index >= 15 is 0 Å². The normalized spacial score (nSPS) is 22.3. The zero-order chi connectivity index (χ0) is 21.8. The summed E-state index contributed by atoms with van der Waals surface area (Å²) in [5.74, 6) is 0.934. The number of nitrogens with zero attached hydrogens (tertiary/aromatic N) is 2. The van der Waals surface area contributed by atoms with Gasteiger partial charge >= 0.3 is 6.09 Å². The van der Waals surface area contributed by atoms with Crippen LogP contribution in [0.2, 0.25) is 0 Å². The van der Waals surface area contributed by atoms with Crippen LogP contribution in [0.25, 0.3) is 0 Å². The highest BCUT2D eigenvalue weighted by Crippen LogP contribution is 2.37. The first-order chi connectivity index (χ1) is 15.1. The van der Waals surface area contributed by atoms with Crippen molar-refractivity contribution in [1.29, 1.82) is 0 Å². The summed E-state index contributed by atoms with van der Waals surface area (Å²) < 4.78 is 11.2. The zero-order valence-corrected chi connectivity index (χ0v) is 18.1. The summed E-state index contributed by atoms with van der Waals surface area (Å²) in [5, 5.41) is 4.26. The minimum Gasteiger partial charge on any atom is -0.467 e. The Kier molecular flexibility index (Phi) is 6.26. The molecule has 2 aliphatic heterocycles. The molecule has 0 spiro atoms. The highest BCUT2D eigenvalue weighted by molar-refractivity contribution is 5.77. The molecule has 0 aromatic heterocycles. The van der Waals surface area contributed by atoms with E-state index in [9.17, 15) is 4.79 Å². The van der Waals surface area contributed by atoms with Crippen molar-refractivity contribution in [1.82, 2.24) is 4.90 Å². The number of benzene rings is 2. The number of methoxy groups -OCH3 is 1. The fraction of sp³-hybridized carbons (Fsp3) is 0.360. The minimum absolute atomic E-state index is 0.336. The number of ether oxygens (including phenoxy) is 2. The number of rotatable bonds is 5. The highest BCUT2D eigenvalue weighted by atomic mass is 16.7. The van der Waals surface area contributed by atoms with E-state index in [0.717, 1.165) is 12.0 Å². The van der Waals surface area contributed by atoms with Gasteiger partial charge in [-0.1, -0.05) is 73.6 Å². The van der Waals surface area contributed by atoms with Crippen LogP contribution in [-0.4, -0.2) is 36.2 Å². The first kappa shape index (κ1) is 21.0. The topological polar surface area (TPSA) is 60.4 Å². The Morgan fingerprint density at radius 3 is 2.68 bits per heavy atom. The van der Waals surface area contributed by atoms with E-state index in [0.29, 0.717) is 18.2 Å². The molecule has 0 N–H and O–H groups in total. The Balaban J connectivity index is 1.57. The Hall–Kier alpha value is -3.28. The SMILES string of the molecule is COC(=O)N1C=C[C@H]2OC(CCc3ccccc3)=NO[C@H]2[C@@H]1c1cccc(C(C)C)c1. The summed E-state index contributed by atoms with van der Waals surface area (Å²) >= 11 is 0. The predicted molar refractivity (Wildman–Crippen MR) is 119 cm³/mol. The molecule has 0 fully saturated rings. The third kappa shape index (κ3) is 4.58. The van der Waals surface area contributed by atoms with Crippen LogP contribution in [0.4, 0.5) is 4.79 Å². The Morgan fingerprint density at radius 1 is 1.13 bits per heavy atom. The standard InChI is InChI=1S/C25H28N2O4/c1-17(2)19-10-7-11-20(16-19)23-24-21(14-15-27(23)25(28)29-3)30-22(26-31-24)13-12-18-8-5-4-6-9-18/h4-11,14-17,21,23-24H,12-13H2,1-3H3/t21-,23+,24-/m1/s1. The fourth-order valence-electron chi connectivity index (χ4n) is 3.97. The zero-order valence-electron chi connectivity index (χ0n) is 18.1. The van der Waals surface area contributed by atoms with E-state index < -0.39 is 18.2 Å². The highest BCUT2D eigenvalue weighted by Gasteiger charge is 2.44. The van der Waals surface area contributed by atoms with Gasteiger partial charge < -0.3 is 14.3 Å². The van der Waals surface area contributed by atoms with Crippen LogP contribution in [0, 0.1) is 0 Å². The molecule has 0 aliphatic carbocycles. The van der Waals surface area contributed by atoms with E-state index in [4.69, 9.17) is 14.3 Å². The fourth-order valence-corrected chi connectivity index (χ4v) is 3.97. The van der Waals surface area contributed by atoms with E-state index in [-0.39, 0.29) is 6.10 Å². The largest absolute Gasteiger partial charge is 0.467 e. The molecule has 6 nitrogen and oxygen atoms in total. The number of hydrogen-bond acceptors (Lipinski definition) is 5. The lowest BCUT2D eigenvalue weighted by Gasteiger charge is -2.41. The lowest BCUT2D eigenvalue weighted by atomic mass is 9.90. The molecule has 6 heteroatoms. The quantitative estimate of drug-likeness (QED) is 0.669. The van der Waals surface area contributed by atoms with Gasteiger partial charge in [0.2, 0.25) is 5.90 Å². The second-order valence-electron chi connectivity index (χ2n) is 8.11. The van der Waals surface area contributed by atoms with E-state index in [1.54, 1.807) is 11.1 Å². The summed E-state index contributed by atoms with van der Waals surface area (Å²) in [6, 6.07) is 18.0. The molecule has 2 aromatic carbocycles. The van der Waals surface area contributed by atoms with Gasteiger partial charge in [-0.25, -0.2) is 4.79 Å². The molecule has 4 rings (SSSR count).